The van der Waals surface area contributed by atoms with Crippen LogP contribution < -0.4 is 0 Å². The smallest absolute Gasteiger partial charge is 0.260 e. The Balaban J connectivity index is 2.64. The van der Waals surface area contributed by atoms with E-state index in [1.54, 1.807) is 31.4 Å². The third kappa shape index (κ3) is 3.64. The summed E-state index contributed by atoms with van der Waals surface area (Å²) in [5.41, 5.74) is 1.04. The van der Waals surface area contributed by atoms with E-state index in [4.69, 9.17) is 0 Å². The van der Waals surface area contributed by atoms with Crippen LogP contribution in [0.4, 0.5) is 0 Å². The highest BCUT2D eigenvalue weighted by molar-refractivity contribution is 5.82. The number of aliphatic imine (C=N–C) groups is 1. The standard InChI is InChI=1S/C10H14N4O2/c1-11-10(8-14(15)16)13(2)7-9-3-5-12-6-4-9/h3-6H,7-8H2,1-2H3. The number of nitrogens with zero attached hydrogens (tertiary/aromatic N) is 4. The van der Waals surface area contributed by atoms with Crippen molar-refractivity contribution in [3.8, 4) is 0 Å². The quantitative estimate of drug-likeness (QED) is 0.327. The molecule has 0 aliphatic heterocycles. The molecular formula is C10H14N4O2. The van der Waals surface area contributed by atoms with Crippen molar-refractivity contribution in [3.05, 3.63) is 40.2 Å². The van der Waals surface area contributed by atoms with Crippen LogP contribution in [0.2, 0.25) is 0 Å². The molecule has 1 aromatic heterocycles. The molecule has 0 aromatic carbocycles. The van der Waals surface area contributed by atoms with Gasteiger partial charge in [0.1, 0.15) is 0 Å². The van der Waals surface area contributed by atoms with Gasteiger partial charge in [-0.3, -0.25) is 20.1 Å². The summed E-state index contributed by atoms with van der Waals surface area (Å²) in [7, 11) is 3.34. The summed E-state index contributed by atoms with van der Waals surface area (Å²) in [6.07, 6.45) is 3.39. The maximum atomic E-state index is 10.4. The van der Waals surface area contributed by atoms with Gasteiger partial charge in [0.15, 0.2) is 5.84 Å². The van der Waals surface area contributed by atoms with E-state index >= 15 is 0 Å². The molecular weight excluding hydrogens is 208 g/mol. The Morgan fingerprint density at radius 1 is 1.56 bits per heavy atom. The second-order valence-corrected chi connectivity index (χ2v) is 3.34. The molecule has 0 radical (unpaired) electrons. The van der Waals surface area contributed by atoms with Gasteiger partial charge in [-0.25, -0.2) is 0 Å². The molecule has 6 nitrogen and oxygen atoms in total. The number of nitro groups is 1. The van der Waals surface area contributed by atoms with Crippen LogP contribution in [0.25, 0.3) is 0 Å². The lowest BCUT2D eigenvalue weighted by Gasteiger charge is -2.18. The van der Waals surface area contributed by atoms with Crippen molar-refractivity contribution in [2.75, 3.05) is 20.6 Å². The number of pyridine rings is 1. The van der Waals surface area contributed by atoms with Crippen LogP contribution in [0.3, 0.4) is 0 Å². The Hall–Kier alpha value is -1.98. The molecule has 0 atom stereocenters. The number of hydrogen-bond donors (Lipinski definition) is 0. The van der Waals surface area contributed by atoms with Gasteiger partial charge in [-0.2, -0.15) is 0 Å². The minimum Gasteiger partial charge on any atom is -0.354 e. The van der Waals surface area contributed by atoms with Crippen molar-refractivity contribution in [2.45, 2.75) is 6.54 Å². The summed E-state index contributed by atoms with van der Waals surface area (Å²) in [5, 5.41) is 10.4. The fraction of sp³-hybridized carbons (Fsp3) is 0.400. The van der Waals surface area contributed by atoms with E-state index in [2.05, 4.69) is 9.98 Å². The fourth-order valence-corrected chi connectivity index (χ4v) is 1.33. The lowest BCUT2D eigenvalue weighted by molar-refractivity contribution is -0.464. The highest BCUT2D eigenvalue weighted by Crippen LogP contribution is 2.02. The van der Waals surface area contributed by atoms with Gasteiger partial charge in [0.25, 0.3) is 6.54 Å². The molecule has 0 fully saturated rings. The molecule has 0 saturated heterocycles. The molecule has 0 amide bonds. The van der Waals surface area contributed by atoms with E-state index in [-0.39, 0.29) is 11.5 Å². The number of rotatable bonds is 4. The van der Waals surface area contributed by atoms with Crippen molar-refractivity contribution in [1.82, 2.24) is 9.88 Å². The normalized spacial score (nSPS) is 11.2. The van der Waals surface area contributed by atoms with Crippen molar-refractivity contribution >= 4 is 5.84 Å². The molecule has 0 spiro atoms. The van der Waals surface area contributed by atoms with Crippen LogP contribution in [0.5, 0.6) is 0 Å². The van der Waals surface area contributed by atoms with Crippen LogP contribution in [-0.4, -0.2) is 41.3 Å². The van der Waals surface area contributed by atoms with E-state index in [0.29, 0.717) is 12.4 Å². The predicted molar refractivity (Wildman–Crippen MR) is 60.9 cm³/mol. The molecule has 6 heteroatoms. The van der Waals surface area contributed by atoms with E-state index in [9.17, 15) is 10.1 Å². The summed E-state index contributed by atoms with van der Waals surface area (Å²) < 4.78 is 0. The van der Waals surface area contributed by atoms with Crippen molar-refractivity contribution in [3.63, 3.8) is 0 Å². The zero-order valence-electron chi connectivity index (χ0n) is 9.33. The van der Waals surface area contributed by atoms with Crippen molar-refractivity contribution < 1.29 is 4.92 Å². The van der Waals surface area contributed by atoms with Gasteiger partial charge < -0.3 is 4.90 Å². The molecule has 1 rings (SSSR count). The number of amidine groups is 1. The van der Waals surface area contributed by atoms with E-state index < -0.39 is 0 Å². The maximum absolute atomic E-state index is 10.4. The first-order valence-electron chi connectivity index (χ1n) is 4.81. The van der Waals surface area contributed by atoms with Crippen molar-refractivity contribution in [2.24, 2.45) is 4.99 Å². The molecule has 16 heavy (non-hydrogen) atoms. The Bertz CT molecular complexity index is 378. The van der Waals surface area contributed by atoms with Gasteiger partial charge in [0.2, 0.25) is 0 Å². The zero-order chi connectivity index (χ0) is 12.0. The summed E-state index contributed by atoms with van der Waals surface area (Å²) >= 11 is 0. The molecule has 0 saturated carbocycles. The van der Waals surface area contributed by atoms with Crippen LogP contribution in [0.1, 0.15) is 5.56 Å². The Kier molecular flexibility index (Phi) is 4.38. The molecule has 0 unspecified atom stereocenters. The third-order valence-corrected chi connectivity index (χ3v) is 2.14. The highest BCUT2D eigenvalue weighted by Gasteiger charge is 2.12. The first kappa shape index (κ1) is 12.1. The van der Waals surface area contributed by atoms with Gasteiger partial charge in [-0.15, -0.1) is 0 Å². The molecule has 0 aliphatic rings. The zero-order valence-corrected chi connectivity index (χ0v) is 9.33. The summed E-state index contributed by atoms with van der Waals surface area (Å²) in [5.74, 6) is 0.460. The SMILES string of the molecule is CN=C(C[N+](=O)[O-])N(C)Cc1ccncc1. The van der Waals surface area contributed by atoms with Gasteiger partial charge in [-0.05, 0) is 17.7 Å². The highest BCUT2D eigenvalue weighted by atomic mass is 16.6. The van der Waals surface area contributed by atoms with Gasteiger partial charge in [0.05, 0.1) is 0 Å². The summed E-state index contributed by atoms with van der Waals surface area (Å²) in [6, 6.07) is 3.74. The van der Waals surface area contributed by atoms with E-state index in [1.165, 1.54) is 0 Å². The van der Waals surface area contributed by atoms with Crippen LogP contribution in [0, 0.1) is 10.1 Å². The molecule has 0 N–H and O–H groups in total. The average Bonchev–Trinajstić information content (AvgIpc) is 2.26. The maximum Gasteiger partial charge on any atom is 0.260 e. The van der Waals surface area contributed by atoms with Gasteiger partial charge in [-0.1, -0.05) is 0 Å². The van der Waals surface area contributed by atoms with Gasteiger partial charge >= 0.3 is 0 Å². The first-order valence-corrected chi connectivity index (χ1v) is 4.81. The molecule has 0 aliphatic carbocycles. The Morgan fingerprint density at radius 3 is 2.69 bits per heavy atom. The lowest BCUT2D eigenvalue weighted by atomic mass is 10.2. The third-order valence-electron chi connectivity index (χ3n) is 2.14. The second kappa shape index (κ2) is 5.79. The monoisotopic (exact) mass is 222 g/mol. The largest absolute Gasteiger partial charge is 0.354 e. The van der Waals surface area contributed by atoms with Crippen LogP contribution in [-0.2, 0) is 6.54 Å². The van der Waals surface area contributed by atoms with Gasteiger partial charge in [0, 0.05) is 38.0 Å². The second-order valence-electron chi connectivity index (χ2n) is 3.34. The van der Waals surface area contributed by atoms with Crippen LogP contribution >= 0.6 is 0 Å². The average molecular weight is 222 g/mol. The van der Waals surface area contributed by atoms with Crippen LogP contribution in [0.15, 0.2) is 29.5 Å². The molecule has 1 aromatic rings. The number of likely N-dealkylation sites (N-methyl/N-ethyl adjacent to an activating group) is 1. The van der Waals surface area contributed by atoms with Crippen molar-refractivity contribution in [1.29, 1.82) is 0 Å². The predicted octanol–water partition coefficient (Wildman–Crippen LogP) is 0.818. The minimum atomic E-state index is -0.384. The van der Waals surface area contributed by atoms with E-state index in [0.717, 1.165) is 5.56 Å². The Morgan fingerprint density at radius 2 is 2.19 bits per heavy atom. The lowest BCUT2D eigenvalue weighted by Crippen LogP contribution is -2.32. The molecule has 86 valence electrons. The molecule has 1 heterocycles. The fourth-order valence-electron chi connectivity index (χ4n) is 1.33. The summed E-state index contributed by atoms with van der Waals surface area (Å²) in [4.78, 5) is 19.6. The molecule has 0 bridgehead atoms. The minimum absolute atomic E-state index is 0.252. The first-order chi connectivity index (χ1) is 7.63. The topological polar surface area (TPSA) is 71.6 Å². The van der Waals surface area contributed by atoms with E-state index in [1.807, 2.05) is 12.1 Å². The Labute approximate surface area is 93.8 Å². The summed E-state index contributed by atoms with van der Waals surface area (Å²) in [6.45, 7) is 0.334. The number of aromatic nitrogens is 1. The number of hydrogen-bond acceptors (Lipinski definition) is 4.